The van der Waals surface area contributed by atoms with Crippen LogP contribution in [0.3, 0.4) is 0 Å². The van der Waals surface area contributed by atoms with Gasteiger partial charge in [-0.15, -0.1) is 0 Å². The topological polar surface area (TPSA) is 54.5 Å². The Balaban J connectivity index is 1.29. The minimum atomic E-state index is 0.0435. The van der Waals surface area contributed by atoms with Crippen LogP contribution in [-0.4, -0.2) is 36.2 Å². The largest absolute Gasteiger partial charge is 0.372 e. The van der Waals surface area contributed by atoms with Crippen molar-refractivity contribution in [2.75, 3.05) is 18.0 Å². The van der Waals surface area contributed by atoms with Crippen LogP contribution < -0.4 is 10.2 Å². The Labute approximate surface area is 171 Å². The van der Waals surface area contributed by atoms with Crippen LogP contribution in [0.15, 0.2) is 42.6 Å². The minimum Gasteiger partial charge on any atom is -0.372 e. The van der Waals surface area contributed by atoms with E-state index >= 15 is 0 Å². The maximum atomic E-state index is 12.4. The average Bonchev–Trinajstić information content (AvgIpc) is 3.47. The molecule has 1 aliphatic heterocycles. The summed E-state index contributed by atoms with van der Waals surface area (Å²) in [7, 11) is 0. The molecule has 2 fully saturated rings. The summed E-state index contributed by atoms with van der Waals surface area (Å²) in [5.41, 5.74) is 2.15. The van der Waals surface area contributed by atoms with Gasteiger partial charge in [-0.1, -0.05) is 29.8 Å². The van der Waals surface area contributed by atoms with Crippen molar-refractivity contribution < 1.29 is 9.53 Å². The Morgan fingerprint density at radius 2 is 2.04 bits per heavy atom. The van der Waals surface area contributed by atoms with E-state index in [2.05, 4.69) is 29.0 Å². The second kappa shape index (κ2) is 8.10. The van der Waals surface area contributed by atoms with E-state index in [9.17, 15) is 4.79 Å². The predicted octanol–water partition coefficient (Wildman–Crippen LogP) is 3.77. The van der Waals surface area contributed by atoms with Gasteiger partial charge in [-0.3, -0.25) is 4.79 Å². The molecule has 6 heteroatoms. The molecule has 5 nitrogen and oxygen atoms in total. The van der Waals surface area contributed by atoms with Crippen molar-refractivity contribution in [3.63, 3.8) is 0 Å². The Morgan fingerprint density at radius 3 is 2.71 bits per heavy atom. The number of rotatable bonds is 5. The number of hydrogen-bond donors (Lipinski definition) is 1. The summed E-state index contributed by atoms with van der Waals surface area (Å²) >= 11 is 6.05. The van der Waals surface area contributed by atoms with Gasteiger partial charge in [-0.2, -0.15) is 0 Å². The third-order valence-electron chi connectivity index (χ3n) is 5.42. The number of pyridine rings is 1. The smallest absolute Gasteiger partial charge is 0.224 e. The van der Waals surface area contributed by atoms with Crippen molar-refractivity contribution >= 4 is 23.3 Å². The monoisotopic (exact) mass is 399 g/mol. The summed E-state index contributed by atoms with van der Waals surface area (Å²) in [6.07, 6.45) is 3.14. The zero-order chi connectivity index (χ0) is 19.7. The molecule has 1 aromatic carbocycles. The van der Waals surface area contributed by atoms with Gasteiger partial charge in [0.1, 0.15) is 5.82 Å². The van der Waals surface area contributed by atoms with Crippen molar-refractivity contribution in [3.8, 4) is 0 Å². The summed E-state index contributed by atoms with van der Waals surface area (Å²) in [6.45, 7) is 6.36. The molecule has 2 aliphatic rings. The number of carbonyl (C=O) groups is 1. The Kier molecular flexibility index (Phi) is 5.56. The molecule has 4 rings (SSSR count). The molecule has 2 heterocycles. The Hall–Kier alpha value is -2.11. The number of carbonyl (C=O) groups excluding carboxylic acids is 1. The molecule has 1 saturated carbocycles. The summed E-state index contributed by atoms with van der Waals surface area (Å²) < 4.78 is 5.78. The molecule has 0 bridgehead atoms. The number of ether oxygens (including phenoxy) is 1. The highest BCUT2D eigenvalue weighted by Crippen LogP contribution is 2.47. The fourth-order valence-corrected chi connectivity index (χ4v) is 4.18. The van der Waals surface area contributed by atoms with Gasteiger partial charge in [0.15, 0.2) is 0 Å². The first-order chi connectivity index (χ1) is 13.5. The maximum absolute atomic E-state index is 12.4. The first-order valence-electron chi connectivity index (χ1n) is 9.88. The van der Waals surface area contributed by atoms with Crippen molar-refractivity contribution in [1.82, 2.24) is 10.3 Å². The van der Waals surface area contributed by atoms with Crippen molar-refractivity contribution in [1.29, 1.82) is 0 Å². The first-order valence-corrected chi connectivity index (χ1v) is 10.3. The molecule has 0 spiro atoms. The normalized spacial score (nSPS) is 26.8. The van der Waals surface area contributed by atoms with E-state index in [-0.39, 0.29) is 30.0 Å². The quantitative estimate of drug-likeness (QED) is 0.831. The second-order valence-corrected chi connectivity index (χ2v) is 8.34. The molecule has 1 aliphatic carbocycles. The van der Waals surface area contributed by atoms with Crippen LogP contribution in [0.1, 0.15) is 37.3 Å². The third kappa shape index (κ3) is 4.47. The number of benzene rings is 1. The number of hydrogen-bond acceptors (Lipinski definition) is 4. The number of nitrogens with one attached hydrogen (secondary N) is 1. The highest BCUT2D eigenvalue weighted by molar-refractivity contribution is 6.30. The first kappa shape index (κ1) is 19.2. The van der Waals surface area contributed by atoms with Crippen molar-refractivity contribution in [3.05, 3.63) is 58.7 Å². The van der Waals surface area contributed by atoms with Gasteiger partial charge in [0.25, 0.3) is 0 Å². The number of anilines is 1. The standard InChI is InChI=1S/C22H26ClN3O2/c1-14-12-26(13-15(2)28-14)21-7-6-16(10-24-21)11-25-22(27)20-9-19(20)17-4-3-5-18(23)8-17/h3-8,10,14-15,19-20H,9,11-13H2,1-2H3,(H,25,27). The van der Waals surface area contributed by atoms with Gasteiger partial charge < -0.3 is 15.0 Å². The SMILES string of the molecule is CC1CN(c2ccc(CNC(=O)C3CC3c3cccc(Cl)c3)cn2)CC(C)O1. The van der Waals surface area contributed by atoms with E-state index in [1.807, 2.05) is 42.6 Å². The molecule has 1 amide bonds. The number of aromatic nitrogens is 1. The fraction of sp³-hybridized carbons (Fsp3) is 0.455. The number of morpholine rings is 1. The summed E-state index contributed by atoms with van der Waals surface area (Å²) in [5, 5.41) is 3.76. The Bertz CT molecular complexity index is 832. The van der Waals surface area contributed by atoms with Crippen LogP contribution in [0.5, 0.6) is 0 Å². The number of nitrogens with zero attached hydrogens (tertiary/aromatic N) is 2. The molecule has 148 valence electrons. The summed E-state index contributed by atoms with van der Waals surface area (Å²) in [5.74, 6) is 1.39. The van der Waals surface area contributed by atoms with E-state index < -0.39 is 0 Å². The number of amides is 1. The lowest BCUT2D eigenvalue weighted by molar-refractivity contribution is -0.122. The molecule has 1 saturated heterocycles. The summed E-state index contributed by atoms with van der Waals surface area (Å²) in [6, 6.07) is 11.9. The van der Waals surface area contributed by atoms with Gasteiger partial charge in [0, 0.05) is 36.8 Å². The highest BCUT2D eigenvalue weighted by atomic mass is 35.5. The van der Waals surface area contributed by atoms with E-state index in [1.54, 1.807) is 0 Å². The van der Waals surface area contributed by atoms with Crippen LogP contribution >= 0.6 is 11.6 Å². The predicted molar refractivity (Wildman–Crippen MR) is 111 cm³/mol. The third-order valence-corrected chi connectivity index (χ3v) is 5.66. The fourth-order valence-electron chi connectivity index (χ4n) is 3.98. The Morgan fingerprint density at radius 1 is 1.25 bits per heavy atom. The van der Waals surface area contributed by atoms with Gasteiger partial charge in [-0.25, -0.2) is 4.98 Å². The lowest BCUT2D eigenvalue weighted by atomic mass is 10.1. The average molecular weight is 400 g/mol. The molecule has 28 heavy (non-hydrogen) atoms. The number of halogens is 1. The lowest BCUT2D eigenvalue weighted by Gasteiger charge is -2.36. The van der Waals surface area contributed by atoms with Crippen LogP contribution in [0.25, 0.3) is 0 Å². The van der Waals surface area contributed by atoms with Crippen LogP contribution in [0.2, 0.25) is 5.02 Å². The molecule has 2 aromatic rings. The van der Waals surface area contributed by atoms with E-state index in [1.165, 1.54) is 0 Å². The van der Waals surface area contributed by atoms with E-state index in [4.69, 9.17) is 16.3 Å². The molecular weight excluding hydrogens is 374 g/mol. The molecule has 0 radical (unpaired) electrons. The molecule has 4 unspecified atom stereocenters. The van der Waals surface area contributed by atoms with E-state index in [0.717, 1.165) is 41.5 Å². The lowest BCUT2D eigenvalue weighted by Crippen LogP contribution is -2.45. The minimum absolute atomic E-state index is 0.0435. The highest BCUT2D eigenvalue weighted by Gasteiger charge is 2.43. The molecule has 4 atom stereocenters. The van der Waals surface area contributed by atoms with Crippen LogP contribution in [0.4, 0.5) is 5.82 Å². The van der Waals surface area contributed by atoms with E-state index in [0.29, 0.717) is 6.54 Å². The zero-order valence-corrected chi connectivity index (χ0v) is 17.0. The zero-order valence-electron chi connectivity index (χ0n) is 16.3. The van der Waals surface area contributed by atoms with Gasteiger partial charge in [-0.05, 0) is 55.5 Å². The second-order valence-electron chi connectivity index (χ2n) is 7.91. The van der Waals surface area contributed by atoms with Crippen LogP contribution in [0, 0.1) is 5.92 Å². The summed E-state index contributed by atoms with van der Waals surface area (Å²) in [4.78, 5) is 19.3. The van der Waals surface area contributed by atoms with Gasteiger partial charge in [0.2, 0.25) is 5.91 Å². The van der Waals surface area contributed by atoms with Crippen LogP contribution in [-0.2, 0) is 16.1 Å². The van der Waals surface area contributed by atoms with Crippen molar-refractivity contribution in [2.24, 2.45) is 5.92 Å². The maximum Gasteiger partial charge on any atom is 0.224 e. The van der Waals surface area contributed by atoms with Gasteiger partial charge >= 0.3 is 0 Å². The van der Waals surface area contributed by atoms with Crippen molar-refractivity contribution in [2.45, 2.75) is 44.9 Å². The van der Waals surface area contributed by atoms with Gasteiger partial charge in [0.05, 0.1) is 12.2 Å². The molecule has 1 N–H and O–H groups in total. The molecule has 1 aromatic heterocycles. The molecular formula is C22H26ClN3O2.